The monoisotopic (exact) mass is 389 g/mol. The Bertz CT molecular complexity index is 966. The van der Waals surface area contributed by atoms with Gasteiger partial charge in [-0.25, -0.2) is 4.98 Å². The van der Waals surface area contributed by atoms with E-state index in [4.69, 9.17) is 0 Å². The number of rotatable bonds is 5. The van der Waals surface area contributed by atoms with Crippen LogP contribution >= 0.6 is 0 Å². The third kappa shape index (κ3) is 4.16. The number of amides is 1. The largest absolute Gasteiger partial charge is 0.377 e. The molecule has 0 saturated carbocycles. The van der Waals surface area contributed by atoms with Crippen LogP contribution in [0.25, 0.3) is 0 Å². The van der Waals surface area contributed by atoms with Gasteiger partial charge >= 0.3 is 0 Å². The van der Waals surface area contributed by atoms with Crippen molar-refractivity contribution in [1.82, 2.24) is 19.4 Å². The highest BCUT2D eigenvalue weighted by atomic mass is 16.2. The molecule has 3 heterocycles. The molecular formula is C23H27N5O. The number of likely N-dealkylation sites (tertiary alicyclic amines) is 1. The summed E-state index contributed by atoms with van der Waals surface area (Å²) in [7, 11) is 3.95. The maximum atomic E-state index is 13.3. The van der Waals surface area contributed by atoms with Crippen LogP contribution in [0.5, 0.6) is 0 Å². The van der Waals surface area contributed by atoms with Crippen LogP contribution in [-0.4, -0.2) is 52.5 Å². The van der Waals surface area contributed by atoms with Crippen molar-refractivity contribution in [3.8, 4) is 0 Å². The molecule has 4 rings (SSSR count). The standard InChI is InChI=1S/C23H27N5O/c1-26(2)21-10-4-3-9-20(21)23(29)28-13-6-8-19(17-28)22-25-12-14-27(22)16-18-7-5-11-24-15-18/h3-5,7,9-12,14-15,19H,6,8,13,16-17H2,1-2H3/t19-/m0/s1. The van der Waals surface area contributed by atoms with Crippen molar-refractivity contribution >= 4 is 11.6 Å². The average molecular weight is 390 g/mol. The lowest BCUT2D eigenvalue weighted by Gasteiger charge is -2.33. The minimum Gasteiger partial charge on any atom is -0.377 e. The molecule has 0 spiro atoms. The molecule has 1 amide bonds. The second-order valence-corrected chi connectivity index (χ2v) is 7.78. The summed E-state index contributed by atoms with van der Waals surface area (Å²) in [6, 6.07) is 11.9. The number of hydrogen-bond acceptors (Lipinski definition) is 4. The third-order valence-electron chi connectivity index (χ3n) is 5.51. The Hall–Kier alpha value is -3.15. The zero-order chi connectivity index (χ0) is 20.2. The number of anilines is 1. The normalized spacial score (nSPS) is 16.6. The smallest absolute Gasteiger partial charge is 0.255 e. The maximum absolute atomic E-state index is 13.3. The molecule has 150 valence electrons. The SMILES string of the molecule is CN(C)c1ccccc1C(=O)N1CCC[C@H](c2nccn2Cc2cccnc2)C1. The molecule has 0 N–H and O–H groups in total. The van der Waals surface area contributed by atoms with Gasteiger partial charge in [0.25, 0.3) is 5.91 Å². The van der Waals surface area contributed by atoms with Gasteiger partial charge in [-0.15, -0.1) is 0 Å². The number of pyridine rings is 1. The zero-order valence-electron chi connectivity index (χ0n) is 17.0. The van der Waals surface area contributed by atoms with Crippen molar-refractivity contribution in [2.45, 2.75) is 25.3 Å². The molecular weight excluding hydrogens is 362 g/mol. The highest BCUT2D eigenvalue weighted by Crippen LogP contribution is 2.29. The number of carbonyl (C=O) groups excluding carboxylic acids is 1. The second kappa shape index (κ2) is 8.47. The van der Waals surface area contributed by atoms with E-state index in [1.54, 1.807) is 6.20 Å². The Morgan fingerprint density at radius 2 is 2.03 bits per heavy atom. The number of piperidine rings is 1. The van der Waals surface area contributed by atoms with E-state index >= 15 is 0 Å². The fraction of sp³-hybridized carbons (Fsp3) is 0.348. The predicted octanol–water partition coefficient (Wildman–Crippen LogP) is 3.41. The van der Waals surface area contributed by atoms with Crippen LogP contribution in [0.2, 0.25) is 0 Å². The molecule has 6 nitrogen and oxygen atoms in total. The molecule has 1 aromatic carbocycles. The predicted molar refractivity (Wildman–Crippen MR) is 114 cm³/mol. The van der Waals surface area contributed by atoms with Gasteiger partial charge in [-0.05, 0) is 36.6 Å². The van der Waals surface area contributed by atoms with E-state index in [0.717, 1.165) is 48.6 Å². The molecule has 1 aliphatic rings. The molecule has 0 unspecified atom stereocenters. The summed E-state index contributed by atoms with van der Waals surface area (Å²) < 4.78 is 2.18. The van der Waals surface area contributed by atoms with Gasteiger partial charge < -0.3 is 14.4 Å². The Kier molecular flexibility index (Phi) is 5.60. The van der Waals surface area contributed by atoms with Crippen LogP contribution in [0.15, 0.2) is 61.2 Å². The molecule has 1 saturated heterocycles. The van der Waals surface area contributed by atoms with E-state index in [1.807, 2.05) is 72.8 Å². The third-order valence-corrected chi connectivity index (χ3v) is 5.51. The summed E-state index contributed by atoms with van der Waals surface area (Å²) >= 11 is 0. The lowest BCUT2D eigenvalue weighted by Crippen LogP contribution is -2.40. The van der Waals surface area contributed by atoms with Gasteiger partial charge in [0, 0.05) is 63.6 Å². The number of imidazole rings is 1. The first-order valence-corrected chi connectivity index (χ1v) is 10.1. The summed E-state index contributed by atoms with van der Waals surface area (Å²) in [5.74, 6) is 1.39. The van der Waals surface area contributed by atoms with Crippen LogP contribution in [-0.2, 0) is 6.54 Å². The molecule has 1 fully saturated rings. The van der Waals surface area contributed by atoms with Crippen molar-refractivity contribution in [3.63, 3.8) is 0 Å². The molecule has 6 heteroatoms. The molecule has 3 aromatic rings. The highest BCUT2D eigenvalue weighted by Gasteiger charge is 2.29. The fourth-order valence-corrected chi connectivity index (χ4v) is 4.09. The summed E-state index contributed by atoms with van der Waals surface area (Å²) in [6.45, 7) is 2.24. The lowest BCUT2D eigenvalue weighted by atomic mass is 9.96. The van der Waals surface area contributed by atoms with Crippen LogP contribution < -0.4 is 4.90 Å². The van der Waals surface area contributed by atoms with Crippen molar-refractivity contribution in [2.24, 2.45) is 0 Å². The highest BCUT2D eigenvalue weighted by molar-refractivity contribution is 5.99. The summed E-state index contributed by atoms with van der Waals surface area (Å²) in [5, 5.41) is 0. The molecule has 2 aromatic heterocycles. The van der Waals surface area contributed by atoms with E-state index in [9.17, 15) is 4.79 Å². The number of carbonyl (C=O) groups is 1. The summed E-state index contributed by atoms with van der Waals surface area (Å²) in [5.41, 5.74) is 2.87. The number of aromatic nitrogens is 3. The average Bonchev–Trinajstić information content (AvgIpc) is 3.22. The van der Waals surface area contributed by atoms with Crippen LogP contribution in [0.3, 0.4) is 0 Å². The van der Waals surface area contributed by atoms with Crippen molar-refractivity contribution in [3.05, 3.63) is 78.1 Å². The maximum Gasteiger partial charge on any atom is 0.255 e. The quantitative estimate of drug-likeness (QED) is 0.671. The molecule has 29 heavy (non-hydrogen) atoms. The van der Waals surface area contributed by atoms with Gasteiger partial charge in [0.05, 0.1) is 12.1 Å². The van der Waals surface area contributed by atoms with E-state index in [0.29, 0.717) is 6.54 Å². The number of hydrogen-bond donors (Lipinski definition) is 0. The van der Waals surface area contributed by atoms with Gasteiger partial charge in [-0.3, -0.25) is 9.78 Å². The minimum atomic E-state index is 0.101. The molecule has 1 aliphatic heterocycles. The first-order chi connectivity index (χ1) is 14.1. The fourth-order valence-electron chi connectivity index (χ4n) is 4.09. The summed E-state index contributed by atoms with van der Waals surface area (Å²) in [4.78, 5) is 26.1. The van der Waals surface area contributed by atoms with Gasteiger partial charge in [-0.1, -0.05) is 18.2 Å². The Morgan fingerprint density at radius 3 is 2.83 bits per heavy atom. The van der Waals surface area contributed by atoms with E-state index in [-0.39, 0.29) is 11.8 Å². The number of benzene rings is 1. The van der Waals surface area contributed by atoms with Crippen molar-refractivity contribution in [2.75, 3.05) is 32.1 Å². The second-order valence-electron chi connectivity index (χ2n) is 7.78. The van der Waals surface area contributed by atoms with E-state index in [2.05, 4.69) is 20.6 Å². The van der Waals surface area contributed by atoms with E-state index in [1.165, 1.54) is 0 Å². The molecule has 0 radical (unpaired) electrons. The van der Waals surface area contributed by atoms with Gasteiger partial charge in [0.15, 0.2) is 0 Å². The number of para-hydroxylation sites is 1. The summed E-state index contributed by atoms with van der Waals surface area (Å²) in [6.07, 6.45) is 9.58. The van der Waals surface area contributed by atoms with Crippen LogP contribution in [0.1, 0.15) is 40.5 Å². The first-order valence-electron chi connectivity index (χ1n) is 10.1. The van der Waals surface area contributed by atoms with Crippen molar-refractivity contribution in [1.29, 1.82) is 0 Å². The zero-order valence-corrected chi connectivity index (χ0v) is 17.0. The van der Waals surface area contributed by atoms with Crippen LogP contribution in [0, 0.1) is 0 Å². The Morgan fingerprint density at radius 1 is 1.17 bits per heavy atom. The number of nitrogens with zero attached hydrogens (tertiary/aromatic N) is 5. The molecule has 0 aliphatic carbocycles. The first kappa shape index (κ1) is 19.2. The van der Waals surface area contributed by atoms with Gasteiger partial charge in [-0.2, -0.15) is 0 Å². The van der Waals surface area contributed by atoms with Crippen molar-refractivity contribution < 1.29 is 4.79 Å². The van der Waals surface area contributed by atoms with Crippen LogP contribution in [0.4, 0.5) is 5.69 Å². The molecule has 0 bridgehead atoms. The Labute approximate surface area is 171 Å². The van der Waals surface area contributed by atoms with E-state index < -0.39 is 0 Å². The molecule has 1 atom stereocenters. The Balaban J connectivity index is 1.53. The minimum absolute atomic E-state index is 0.101. The topological polar surface area (TPSA) is 54.3 Å². The van der Waals surface area contributed by atoms with Gasteiger partial charge in [0.2, 0.25) is 0 Å². The lowest BCUT2D eigenvalue weighted by molar-refractivity contribution is 0.0704. The van der Waals surface area contributed by atoms with Gasteiger partial charge in [0.1, 0.15) is 5.82 Å².